The van der Waals surface area contributed by atoms with Gasteiger partial charge in [-0.15, -0.1) is 0 Å². The van der Waals surface area contributed by atoms with E-state index >= 15 is 0 Å². The largest absolute Gasteiger partial charge is 0.262 e. The van der Waals surface area contributed by atoms with Gasteiger partial charge in [-0.1, -0.05) is 6.92 Å². The predicted octanol–water partition coefficient (Wildman–Crippen LogP) is 3.05. The van der Waals surface area contributed by atoms with Crippen LogP contribution >= 0.6 is 0 Å². The number of aryl methyl sites for hydroxylation is 1. The average molecular weight is 178 g/mol. The molecular weight excluding hydrogens is 167 g/mol. The number of rotatable bonds is 3. The van der Waals surface area contributed by atoms with Crippen LogP contribution in [0.4, 0.5) is 15.8 Å². The minimum Gasteiger partial charge on any atom is -0.262 e. The van der Waals surface area contributed by atoms with Crippen molar-refractivity contribution in [1.82, 2.24) is 0 Å². The van der Waals surface area contributed by atoms with Gasteiger partial charge in [0.25, 0.3) is 0 Å². The molecule has 0 amide bonds. The first-order valence-electron chi connectivity index (χ1n) is 3.98. The Morgan fingerprint density at radius 1 is 1.31 bits per heavy atom. The van der Waals surface area contributed by atoms with E-state index in [9.17, 15) is 4.39 Å². The van der Waals surface area contributed by atoms with Gasteiger partial charge in [0.1, 0.15) is 5.69 Å². The fraction of sp³-hybridized carbons (Fsp3) is 0.200. The lowest BCUT2D eigenvalue weighted by molar-refractivity contribution is 0.628. The van der Waals surface area contributed by atoms with Crippen LogP contribution in [0.25, 0.3) is 0 Å². The fourth-order valence-corrected chi connectivity index (χ4v) is 1.12. The van der Waals surface area contributed by atoms with Gasteiger partial charge in [0.2, 0.25) is 0 Å². The van der Waals surface area contributed by atoms with Crippen molar-refractivity contribution in [1.29, 1.82) is 0 Å². The van der Waals surface area contributed by atoms with E-state index in [-0.39, 0.29) is 5.69 Å². The molecule has 1 rings (SSSR count). The van der Waals surface area contributed by atoms with E-state index in [4.69, 9.17) is 0 Å². The van der Waals surface area contributed by atoms with Crippen LogP contribution in [0.5, 0.6) is 0 Å². The minimum atomic E-state index is -0.392. The van der Waals surface area contributed by atoms with Crippen molar-refractivity contribution in [2.75, 3.05) is 0 Å². The Morgan fingerprint density at radius 3 is 2.46 bits per heavy atom. The van der Waals surface area contributed by atoms with Gasteiger partial charge >= 0.3 is 0 Å². The van der Waals surface area contributed by atoms with Crippen LogP contribution in [0.2, 0.25) is 0 Å². The Morgan fingerprint density at radius 2 is 2.00 bits per heavy atom. The summed E-state index contributed by atoms with van der Waals surface area (Å²) in [5, 5.41) is 0. The molecular formula is C10H11FN2. The summed E-state index contributed by atoms with van der Waals surface area (Å²) in [6, 6.07) is 3.21. The lowest BCUT2D eigenvalue weighted by Crippen LogP contribution is -1.84. The zero-order valence-corrected chi connectivity index (χ0v) is 7.55. The highest BCUT2D eigenvalue weighted by Gasteiger charge is 2.07. The number of hydrogen-bond donors (Lipinski definition) is 0. The summed E-state index contributed by atoms with van der Waals surface area (Å²) in [6.45, 7) is 8.58. The molecule has 1 aromatic rings. The second kappa shape index (κ2) is 3.94. The van der Waals surface area contributed by atoms with Gasteiger partial charge in [-0.3, -0.25) is 9.98 Å². The summed E-state index contributed by atoms with van der Waals surface area (Å²) in [5.74, 6) is -0.392. The van der Waals surface area contributed by atoms with E-state index < -0.39 is 5.82 Å². The normalized spacial score (nSPS) is 9.69. The molecule has 13 heavy (non-hydrogen) atoms. The summed E-state index contributed by atoms with van der Waals surface area (Å²) in [4.78, 5) is 7.24. The van der Waals surface area contributed by atoms with Crippen LogP contribution in [0, 0.1) is 5.82 Å². The molecule has 0 heterocycles. The molecule has 0 aliphatic heterocycles. The first-order chi connectivity index (χ1) is 6.22. The Labute approximate surface area is 76.8 Å². The second-order valence-electron chi connectivity index (χ2n) is 2.62. The van der Waals surface area contributed by atoms with Crippen molar-refractivity contribution in [2.45, 2.75) is 13.3 Å². The average Bonchev–Trinajstić information content (AvgIpc) is 2.16. The molecule has 0 saturated heterocycles. The molecule has 0 aromatic heterocycles. The van der Waals surface area contributed by atoms with Crippen LogP contribution in [0.3, 0.4) is 0 Å². The van der Waals surface area contributed by atoms with E-state index in [2.05, 4.69) is 23.4 Å². The highest BCUT2D eigenvalue weighted by Crippen LogP contribution is 2.31. The number of hydrogen-bond acceptors (Lipinski definition) is 2. The van der Waals surface area contributed by atoms with E-state index in [0.717, 1.165) is 12.0 Å². The van der Waals surface area contributed by atoms with Crippen LogP contribution < -0.4 is 0 Å². The third-order valence-corrected chi connectivity index (χ3v) is 1.84. The molecule has 68 valence electrons. The zero-order valence-electron chi connectivity index (χ0n) is 7.55. The van der Waals surface area contributed by atoms with E-state index in [1.165, 1.54) is 6.07 Å². The minimum absolute atomic E-state index is 0.173. The molecule has 2 nitrogen and oxygen atoms in total. The molecule has 3 heteroatoms. The first-order valence-corrected chi connectivity index (χ1v) is 3.98. The number of halogens is 1. The van der Waals surface area contributed by atoms with Crippen LogP contribution in [-0.4, -0.2) is 13.4 Å². The molecule has 0 N–H and O–H groups in total. The molecule has 0 bridgehead atoms. The van der Waals surface area contributed by atoms with Crippen molar-refractivity contribution in [2.24, 2.45) is 9.98 Å². The third kappa shape index (κ3) is 1.80. The van der Waals surface area contributed by atoms with Gasteiger partial charge in [0, 0.05) is 0 Å². The molecule has 0 spiro atoms. The smallest absolute Gasteiger partial charge is 0.151 e. The molecule has 0 aliphatic carbocycles. The van der Waals surface area contributed by atoms with Gasteiger partial charge in [0.05, 0.1) is 5.69 Å². The maximum Gasteiger partial charge on any atom is 0.151 e. The van der Waals surface area contributed by atoms with Gasteiger partial charge < -0.3 is 0 Å². The quantitative estimate of drug-likeness (QED) is 0.635. The van der Waals surface area contributed by atoms with Gasteiger partial charge in [-0.2, -0.15) is 0 Å². The SMILES string of the molecule is C=Nc1cc(CC)cc(F)c1N=C. The maximum atomic E-state index is 13.3. The molecule has 0 aliphatic rings. The molecule has 0 saturated carbocycles. The predicted molar refractivity (Wildman–Crippen MR) is 54.2 cm³/mol. The van der Waals surface area contributed by atoms with Crippen LogP contribution in [0.1, 0.15) is 12.5 Å². The monoisotopic (exact) mass is 178 g/mol. The first kappa shape index (κ1) is 9.58. The number of nitrogens with zero attached hydrogens (tertiary/aromatic N) is 2. The van der Waals surface area contributed by atoms with E-state index in [1.54, 1.807) is 6.07 Å². The standard InChI is InChI=1S/C10H11FN2/c1-4-7-5-8(11)10(13-3)9(6-7)12-2/h5-6H,2-4H2,1H3. The zero-order chi connectivity index (χ0) is 9.84. The molecule has 0 fully saturated rings. The Balaban J connectivity index is 3.36. The molecule has 0 atom stereocenters. The third-order valence-electron chi connectivity index (χ3n) is 1.84. The summed E-state index contributed by atoms with van der Waals surface area (Å²) in [5.41, 5.74) is 1.51. The van der Waals surface area contributed by atoms with Gasteiger partial charge in [-0.25, -0.2) is 4.39 Å². The number of benzene rings is 1. The summed E-state index contributed by atoms with van der Waals surface area (Å²) < 4.78 is 13.3. The Hall–Kier alpha value is -1.51. The van der Waals surface area contributed by atoms with Crippen LogP contribution in [-0.2, 0) is 6.42 Å². The van der Waals surface area contributed by atoms with Gasteiger partial charge in [-0.05, 0) is 37.6 Å². The summed E-state index contributed by atoms with van der Waals surface area (Å²) >= 11 is 0. The summed E-state index contributed by atoms with van der Waals surface area (Å²) in [7, 11) is 0. The van der Waals surface area contributed by atoms with Crippen molar-refractivity contribution in [3.05, 3.63) is 23.5 Å². The van der Waals surface area contributed by atoms with Crippen molar-refractivity contribution in [3.8, 4) is 0 Å². The maximum absolute atomic E-state index is 13.3. The van der Waals surface area contributed by atoms with Crippen molar-refractivity contribution < 1.29 is 4.39 Å². The topological polar surface area (TPSA) is 24.7 Å². The Kier molecular flexibility index (Phi) is 2.90. The van der Waals surface area contributed by atoms with Crippen molar-refractivity contribution >= 4 is 24.8 Å². The van der Waals surface area contributed by atoms with E-state index in [1.807, 2.05) is 6.92 Å². The van der Waals surface area contributed by atoms with Gasteiger partial charge in [0.15, 0.2) is 5.82 Å². The number of aliphatic imine (C=N–C) groups is 2. The highest BCUT2D eigenvalue weighted by molar-refractivity contribution is 5.68. The lowest BCUT2D eigenvalue weighted by atomic mass is 10.1. The van der Waals surface area contributed by atoms with E-state index in [0.29, 0.717) is 5.69 Å². The van der Waals surface area contributed by atoms with Crippen LogP contribution in [0.15, 0.2) is 22.1 Å². The second-order valence-corrected chi connectivity index (χ2v) is 2.62. The van der Waals surface area contributed by atoms with Crippen molar-refractivity contribution in [3.63, 3.8) is 0 Å². The highest BCUT2D eigenvalue weighted by atomic mass is 19.1. The molecule has 0 unspecified atom stereocenters. The molecule has 1 aromatic carbocycles. The summed E-state index contributed by atoms with van der Waals surface area (Å²) in [6.07, 6.45) is 0.761. The molecule has 0 radical (unpaired) electrons. The fourth-order valence-electron chi connectivity index (χ4n) is 1.12. The Bertz CT molecular complexity index is 345. The lowest BCUT2D eigenvalue weighted by Gasteiger charge is -2.03.